The molecule has 0 radical (unpaired) electrons. The van der Waals surface area contributed by atoms with Crippen LogP contribution in [0.1, 0.15) is 6.42 Å². The normalized spacial score (nSPS) is 10.7. The summed E-state index contributed by atoms with van der Waals surface area (Å²) in [6.45, 7) is 3.74. The fourth-order valence-electron chi connectivity index (χ4n) is 1.78. The molecule has 4 nitrogen and oxygen atoms in total. The minimum atomic E-state index is 0.725. The van der Waals surface area contributed by atoms with E-state index in [1.165, 1.54) is 5.69 Å². The van der Waals surface area contributed by atoms with E-state index in [-0.39, 0.29) is 0 Å². The summed E-state index contributed by atoms with van der Waals surface area (Å²) >= 11 is 0. The Morgan fingerprint density at radius 2 is 1.94 bits per heavy atom. The van der Waals surface area contributed by atoms with Crippen LogP contribution in [0.25, 0.3) is 0 Å². The van der Waals surface area contributed by atoms with Gasteiger partial charge in [0.2, 0.25) is 0 Å². The van der Waals surface area contributed by atoms with Gasteiger partial charge in [0.25, 0.3) is 0 Å². The Labute approximate surface area is 110 Å². The van der Waals surface area contributed by atoms with Crippen LogP contribution in [0, 0.1) is 0 Å². The van der Waals surface area contributed by atoms with E-state index in [1.54, 1.807) is 7.11 Å². The summed E-state index contributed by atoms with van der Waals surface area (Å²) in [6.07, 6.45) is 1.00. The quantitative estimate of drug-likeness (QED) is 0.758. The number of anilines is 1. The topological polar surface area (TPSA) is 41.7 Å². The molecule has 0 bridgehead atoms. The molecular formula is C14H25N3O. The molecule has 1 aromatic carbocycles. The Morgan fingerprint density at radius 1 is 1.17 bits per heavy atom. The molecule has 0 heterocycles. The summed E-state index contributed by atoms with van der Waals surface area (Å²) in [7, 11) is 5.88. The highest BCUT2D eigenvalue weighted by Crippen LogP contribution is 2.20. The van der Waals surface area contributed by atoms with Gasteiger partial charge in [0.15, 0.2) is 0 Å². The van der Waals surface area contributed by atoms with E-state index >= 15 is 0 Å². The van der Waals surface area contributed by atoms with Crippen molar-refractivity contribution in [1.82, 2.24) is 4.90 Å². The van der Waals surface area contributed by atoms with Crippen molar-refractivity contribution in [3.05, 3.63) is 24.3 Å². The van der Waals surface area contributed by atoms with E-state index in [2.05, 4.69) is 36.0 Å². The fraction of sp³-hybridized carbons (Fsp3) is 0.571. The summed E-state index contributed by atoms with van der Waals surface area (Å²) in [6, 6.07) is 8.19. The SMILES string of the molecule is COc1cccc(N(CCCN)CCN(C)C)c1. The van der Waals surface area contributed by atoms with Crippen molar-refractivity contribution in [3.8, 4) is 5.75 Å². The number of likely N-dealkylation sites (N-methyl/N-ethyl adjacent to an activating group) is 1. The van der Waals surface area contributed by atoms with E-state index in [1.807, 2.05) is 12.1 Å². The maximum absolute atomic E-state index is 5.61. The molecule has 18 heavy (non-hydrogen) atoms. The Kier molecular flexibility index (Phi) is 6.54. The third-order valence-corrected chi connectivity index (χ3v) is 2.87. The second kappa shape index (κ2) is 7.95. The van der Waals surface area contributed by atoms with E-state index in [0.29, 0.717) is 0 Å². The van der Waals surface area contributed by atoms with Gasteiger partial charge in [0.1, 0.15) is 5.75 Å². The van der Waals surface area contributed by atoms with Crippen LogP contribution in [0.4, 0.5) is 5.69 Å². The molecule has 0 aliphatic heterocycles. The zero-order valence-electron chi connectivity index (χ0n) is 11.7. The maximum Gasteiger partial charge on any atom is 0.120 e. The summed E-state index contributed by atoms with van der Waals surface area (Å²) in [5, 5.41) is 0. The van der Waals surface area contributed by atoms with Gasteiger partial charge in [-0.15, -0.1) is 0 Å². The Bertz CT molecular complexity index is 342. The van der Waals surface area contributed by atoms with Gasteiger partial charge in [-0.05, 0) is 39.2 Å². The average molecular weight is 251 g/mol. The molecule has 2 N–H and O–H groups in total. The zero-order chi connectivity index (χ0) is 13.4. The number of methoxy groups -OCH3 is 1. The van der Waals surface area contributed by atoms with Gasteiger partial charge in [0.05, 0.1) is 7.11 Å². The van der Waals surface area contributed by atoms with Crippen molar-refractivity contribution >= 4 is 5.69 Å². The van der Waals surface area contributed by atoms with Crippen LogP contribution in [0.15, 0.2) is 24.3 Å². The Hall–Kier alpha value is -1.26. The number of benzene rings is 1. The molecule has 1 aromatic rings. The van der Waals surface area contributed by atoms with E-state index < -0.39 is 0 Å². The summed E-state index contributed by atoms with van der Waals surface area (Å²) in [5.74, 6) is 0.898. The number of ether oxygens (including phenoxy) is 1. The molecule has 0 aromatic heterocycles. The highest BCUT2D eigenvalue weighted by Gasteiger charge is 2.07. The molecule has 0 unspecified atom stereocenters. The summed E-state index contributed by atoms with van der Waals surface area (Å²) in [5.41, 5.74) is 6.80. The van der Waals surface area contributed by atoms with Crippen LogP contribution in [-0.4, -0.2) is 52.3 Å². The maximum atomic E-state index is 5.61. The van der Waals surface area contributed by atoms with Crippen molar-refractivity contribution in [2.45, 2.75) is 6.42 Å². The fourth-order valence-corrected chi connectivity index (χ4v) is 1.78. The lowest BCUT2D eigenvalue weighted by atomic mass is 10.2. The third kappa shape index (κ3) is 4.94. The van der Waals surface area contributed by atoms with Crippen LogP contribution < -0.4 is 15.4 Å². The van der Waals surface area contributed by atoms with Gasteiger partial charge in [-0.2, -0.15) is 0 Å². The minimum Gasteiger partial charge on any atom is -0.497 e. The molecule has 1 rings (SSSR count). The second-order valence-corrected chi connectivity index (χ2v) is 4.63. The molecule has 0 amide bonds. The lowest BCUT2D eigenvalue weighted by Crippen LogP contribution is -2.33. The second-order valence-electron chi connectivity index (χ2n) is 4.63. The molecular weight excluding hydrogens is 226 g/mol. The van der Waals surface area contributed by atoms with Crippen molar-refractivity contribution in [2.24, 2.45) is 5.73 Å². The lowest BCUT2D eigenvalue weighted by Gasteiger charge is -2.26. The zero-order valence-corrected chi connectivity index (χ0v) is 11.7. The number of hydrogen-bond donors (Lipinski definition) is 1. The Balaban J connectivity index is 2.72. The molecule has 102 valence electrons. The molecule has 0 aliphatic rings. The van der Waals surface area contributed by atoms with Gasteiger partial charge in [-0.3, -0.25) is 0 Å². The molecule has 0 saturated heterocycles. The van der Waals surface area contributed by atoms with E-state index in [4.69, 9.17) is 10.5 Å². The van der Waals surface area contributed by atoms with Gasteiger partial charge in [0, 0.05) is 31.4 Å². The highest BCUT2D eigenvalue weighted by molar-refractivity contribution is 5.50. The predicted molar refractivity (Wildman–Crippen MR) is 77.4 cm³/mol. The summed E-state index contributed by atoms with van der Waals surface area (Å²) < 4.78 is 5.27. The van der Waals surface area contributed by atoms with Gasteiger partial charge in [-0.25, -0.2) is 0 Å². The molecule has 0 saturated carbocycles. The largest absolute Gasteiger partial charge is 0.497 e. The van der Waals surface area contributed by atoms with E-state index in [9.17, 15) is 0 Å². The molecule has 4 heteroatoms. The number of hydrogen-bond acceptors (Lipinski definition) is 4. The first-order chi connectivity index (χ1) is 8.67. The summed E-state index contributed by atoms with van der Waals surface area (Å²) in [4.78, 5) is 4.55. The first-order valence-electron chi connectivity index (χ1n) is 6.41. The standard InChI is InChI=1S/C14H25N3O/c1-16(2)10-11-17(9-5-8-15)13-6-4-7-14(12-13)18-3/h4,6-7,12H,5,8-11,15H2,1-3H3. The number of rotatable bonds is 8. The van der Waals surface area contributed by atoms with Crippen LogP contribution in [0.2, 0.25) is 0 Å². The lowest BCUT2D eigenvalue weighted by molar-refractivity contribution is 0.410. The first-order valence-corrected chi connectivity index (χ1v) is 6.41. The van der Waals surface area contributed by atoms with E-state index in [0.717, 1.165) is 38.3 Å². The highest BCUT2D eigenvalue weighted by atomic mass is 16.5. The smallest absolute Gasteiger partial charge is 0.120 e. The molecule has 0 spiro atoms. The molecule has 0 atom stereocenters. The van der Waals surface area contributed by atoms with Crippen LogP contribution in [0.5, 0.6) is 5.75 Å². The Morgan fingerprint density at radius 3 is 2.56 bits per heavy atom. The first kappa shape index (κ1) is 14.8. The third-order valence-electron chi connectivity index (χ3n) is 2.87. The van der Waals surface area contributed by atoms with Crippen molar-refractivity contribution < 1.29 is 4.74 Å². The van der Waals surface area contributed by atoms with Gasteiger partial charge < -0.3 is 20.3 Å². The number of nitrogens with two attached hydrogens (primary N) is 1. The van der Waals surface area contributed by atoms with Gasteiger partial charge >= 0.3 is 0 Å². The molecule has 0 aliphatic carbocycles. The van der Waals surface area contributed by atoms with Crippen molar-refractivity contribution in [1.29, 1.82) is 0 Å². The van der Waals surface area contributed by atoms with Crippen LogP contribution in [-0.2, 0) is 0 Å². The van der Waals surface area contributed by atoms with Gasteiger partial charge in [-0.1, -0.05) is 6.07 Å². The minimum absolute atomic E-state index is 0.725. The predicted octanol–water partition coefficient (Wildman–Crippen LogP) is 1.41. The molecule has 0 fully saturated rings. The van der Waals surface area contributed by atoms with Crippen molar-refractivity contribution in [3.63, 3.8) is 0 Å². The van der Waals surface area contributed by atoms with Crippen LogP contribution >= 0.6 is 0 Å². The monoisotopic (exact) mass is 251 g/mol. The van der Waals surface area contributed by atoms with Crippen LogP contribution in [0.3, 0.4) is 0 Å². The van der Waals surface area contributed by atoms with Crippen molar-refractivity contribution in [2.75, 3.05) is 52.3 Å². The average Bonchev–Trinajstić information content (AvgIpc) is 2.38. The number of nitrogens with zero attached hydrogens (tertiary/aromatic N) is 2.